The van der Waals surface area contributed by atoms with Crippen LogP contribution < -0.4 is 4.74 Å². The van der Waals surface area contributed by atoms with E-state index in [2.05, 4.69) is 16.3 Å². The van der Waals surface area contributed by atoms with Crippen LogP contribution in [0, 0.1) is 11.7 Å². The average Bonchev–Trinajstić information content (AvgIpc) is 3.28. The number of carboxylic acids is 1. The highest BCUT2D eigenvalue weighted by Crippen LogP contribution is 2.43. The van der Waals surface area contributed by atoms with Gasteiger partial charge in [0.25, 0.3) is 0 Å². The highest BCUT2D eigenvalue weighted by Gasteiger charge is 2.37. The second-order valence-corrected chi connectivity index (χ2v) is 9.17. The van der Waals surface area contributed by atoms with Gasteiger partial charge in [0, 0.05) is 35.5 Å². The third kappa shape index (κ3) is 3.68. The van der Waals surface area contributed by atoms with Gasteiger partial charge in [-0.05, 0) is 60.9 Å². The summed E-state index contributed by atoms with van der Waals surface area (Å²) in [5.74, 6) is -0.763. The number of pyridine rings is 1. The van der Waals surface area contributed by atoms with Gasteiger partial charge in [-0.25, -0.2) is 9.37 Å². The van der Waals surface area contributed by atoms with E-state index < -0.39 is 5.97 Å². The Bertz CT molecular complexity index is 1370. The number of carbonyl (C=O) groups is 1. The van der Waals surface area contributed by atoms with Crippen LogP contribution in [0.2, 0.25) is 0 Å². The van der Waals surface area contributed by atoms with Crippen molar-refractivity contribution >= 4 is 27.6 Å². The summed E-state index contributed by atoms with van der Waals surface area (Å²) in [6.07, 6.45) is 4.21. The SMILES string of the molecule is O=C(O)C1CC(Oc2nc(C3CCOCC3)c(-c3ccc(F)cc3)c3cc4cn[nH]c4cc23)C1. The molecule has 2 aliphatic rings. The number of aromatic amines is 1. The number of fused-ring (bicyclic) bond motifs is 2. The summed E-state index contributed by atoms with van der Waals surface area (Å²) >= 11 is 0. The average molecular weight is 461 g/mol. The Hall–Kier alpha value is -3.52. The van der Waals surface area contributed by atoms with Gasteiger partial charge in [-0.15, -0.1) is 0 Å². The van der Waals surface area contributed by atoms with E-state index in [1.807, 2.05) is 6.07 Å². The van der Waals surface area contributed by atoms with E-state index in [0.717, 1.165) is 51.3 Å². The van der Waals surface area contributed by atoms with E-state index in [1.54, 1.807) is 18.3 Å². The number of nitrogens with zero attached hydrogens (tertiary/aromatic N) is 2. The number of H-pyrrole nitrogens is 1. The van der Waals surface area contributed by atoms with Crippen LogP contribution in [0.25, 0.3) is 32.8 Å². The Balaban J connectivity index is 1.55. The molecule has 2 aromatic heterocycles. The summed E-state index contributed by atoms with van der Waals surface area (Å²) in [6.45, 7) is 1.32. The Morgan fingerprint density at radius 3 is 2.62 bits per heavy atom. The summed E-state index contributed by atoms with van der Waals surface area (Å²) in [5, 5.41) is 19.2. The van der Waals surface area contributed by atoms with Crippen LogP contribution in [0.1, 0.15) is 37.3 Å². The van der Waals surface area contributed by atoms with Gasteiger partial charge in [0.15, 0.2) is 0 Å². The molecule has 1 aliphatic carbocycles. The zero-order chi connectivity index (χ0) is 23.2. The molecule has 1 saturated carbocycles. The fourth-order valence-corrected chi connectivity index (χ4v) is 5.04. The van der Waals surface area contributed by atoms with Gasteiger partial charge in [0.1, 0.15) is 11.9 Å². The quantitative estimate of drug-likeness (QED) is 0.432. The van der Waals surface area contributed by atoms with E-state index >= 15 is 0 Å². The number of carboxylic acid groups (broad SMARTS) is 1. The normalized spacial score (nSPS) is 21.0. The molecule has 34 heavy (non-hydrogen) atoms. The summed E-state index contributed by atoms with van der Waals surface area (Å²) in [6, 6.07) is 10.6. The molecule has 1 aliphatic heterocycles. The number of halogens is 1. The lowest BCUT2D eigenvalue weighted by Crippen LogP contribution is -2.38. The maximum Gasteiger partial charge on any atom is 0.306 e. The molecule has 0 atom stereocenters. The molecule has 2 fully saturated rings. The number of aliphatic carboxylic acids is 1. The minimum absolute atomic E-state index is 0.175. The molecule has 0 radical (unpaired) electrons. The number of nitrogens with one attached hydrogen (secondary N) is 1. The van der Waals surface area contributed by atoms with Crippen molar-refractivity contribution in [3.05, 3.63) is 54.1 Å². The maximum absolute atomic E-state index is 13.8. The van der Waals surface area contributed by atoms with E-state index in [9.17, 15) is 14.3 Å². The second kappa shape index (κ2) is 8.36. The molecule has 0 bridgehead atoms. The number of hydrogen-bond donors (Lipinski definition) is 2. The summed E-state index contributed by atoms with van der Waals surface area (Å²) in [5.41, 5.74) is 3.63. The van der Waals surface area contributed by atoms with E-state index in [4.69, 9.17) is 14.5 Å². The number of aromatic nitrogens is 3. The molecule has 1 saturated heterocycles. The van der Waals surface area contributed by atoms with Crippen LogP contribution in [-0.4, -0.2) is 45.6 Å². The fourth-order valence-electron chi connectivity index (χ4n) is 5.04. The summed E-state index contributed by atoms with van der Waals surface area (Å²) in [4.78, 5) is 16.3. The molecule has 2 aromatic carbocycles. The van der Waals surface area contributed by atoms with E-state index in [1.165, 1.54) is 12.1 Å². The van der Waals surface area contributed by atoms with Crippen LogP contribution in [0.5, 0.6) is 5.88 Å². The Morgan fingerprint density at radius 2 is 1.88 bits per heavy atom. The first-order valence-electron chi connectivity index (χ1n) is 11.6. The van der Waals surface area contributed by atoms with Crippen LogP contribution >= 0.6 is 0 Å². The predicted octanol–water partition coefficient (Wildman–Crippen LogP) is 5.05. The monoisotopic (exact) mass is 461 g/mol. The minimum atomic E-state index is -0.786. The zero-order valence-corrected chi connectivity index (χ0v) is 18.5. The minimum Gasteiger partial charge on any atom is -0.481 e. The van der Waals surface area contributed by atoms with Gasteiger partial charge in [0.2, 0.25) is 5.88 Å². The number of benzene rings is 2. The van der Waals surface area contributed by atoms with Crippen molar-refractivity contribution in [2.45, 2.75) is 37.7 Å². The maximum atomic E-state index is 13.8. The third-order valence-electron chi connectivity index (χ3n) is 7.02. The highest BCUT2D eigenvalue weighted by atomic mass is 19.1. The van der Waals surface area contributed by atoms with Gasteiger partial charge in [0.05, 0.1) is 23.3 Å². The molecule has 8 heteroatoms. The summed E-state index contributed by atoms with van der Waals surface area (Å²) < 4.78 is 25.7. The molecule has 0 spiro atoms. The predicted molar refractivity (Wildman–Crippen MR) is 124 cm³/mol. The van der Waals surface area contributed by atoms with E-state index in [0.29, 0.717) is 31.9 Å². The van der Waals surface area contributed by atoms with Gasteiger partial charge < -0.3 is 14.6 Å². The lowest BCUT2D eigenvalue weighted by Gasteiger charge is -2.33. The smallest absolute Gasteiger partial charge is 0.306 e. The molecule has 7 nitrogen and oxygen atoms in total. The molecule has 174 valence electrons. The first kappa shape index (κ1) is 21.0. The van der Waals surface area contributed by atoms with Crippen molar-refractivity contribution in [1.29, 1.82) is 0 Å². The van der Waals surface area contributed by atoms with Crippen molar-refractivity contribution in [2.24, 2.45) is 5.92 Å². The first-order valence-corrected chi connectivity index (χ1v) is 11.6. The number of rotatable bonds is 5. The van der Waals surface area contributed by atoms with Crippen molar-refractivity contribution in [3.8, 4) is 17.0 Å². The second-order valence-electron chi connectivity index (χ2n) is 9.17. The zero-order valence-electron chi connectivity index (χ0n) is 18.5. The Morgan fingerprint density at radius 1 is 1.12 bits per heavy atom. The molecule has 4 aromatic rings. The Kier molecular flexibility index (Phi) is 5.17. The molecular formula is C26H24FN3O4. The Labute approximate surface area is 194 Å². The topological polar surface area (TPSA) is 97.3 Å². The van der Waals surface area contributed by atoms with Gasteiger partial charge in [-0.3, -0.25) is 9.89 Å². The largest absolute Gasteiger partial charge is 0.481 e. The van der Waals surface area contributed by atoms with Crippen LogP contribution in [0.15, 0.2) is 42.6 Å². The lowest BCUT2D eigenvalue weighted by molar-refractivity contribution is -0.148. The van der Waals surface area contributed by atoms with Crippen LogP contribution in [-0.2, 0) is 9.53 Å². The first-order chi connectivity index (χ1) is 16.6. The van der Waals surface area contributed by atoms with E-state index in [-0.39, 0.29) is 23.8 Å². The van der Waals surface area contributed by atoms with Crippen molar-refractivity contribution < 1.29 is 23.8 Å². The number of hydrogen-bond acceptors (Lipinski definition) is 5. The molecule has 0 amide bonds. The molecular weight excluding hydrogens is 437 g/mol. The van der Waals surface area contributed by atoms with Crippen LogP contribution in [0.3, 0.4) is 0 Å². The van der Waals surface area contributed by atoms with Gasteiger partial charge >= 0.3 is 5.97 Å². The molecule has 3 heterocycles. The van der Waals surface area contributed by atoms with Crippen molar-refractivity contribution in [1.82, 2.24) is 15.2 Å². The van der Waals surface area contributed by atoms with Gasteiger partial charge in [-0.1, -0.05) is 12.1 Å². The summed E-state index contributed by atoms with van der Waals surface area (Å²) in [7, 11) is 0. The fraction of sp³-hybridized carbons (Fsp3) is 0.346. The van der Waals surface area contributed by atoms with Crippen LogP contribution in [0.4, 0.5) is 4.39 Å². The number of ether oxygens (including phenoxy) is 2. The third-order valence-corrected chi connectivity index (χ3v) is 7.02. The molecule has 6 rings (SSSR count). The van der Waals surface area contributed by atoms with Crippen molar-refractivity contribution in [2.75, 3.05) is 13.2 Å². The highest BCUT2D eigenvalue weighted by molar-refractivity contribution is 6.06. The van der Waals surface area contributed by atoms with Gasteiger partial charge in [-0.2, -0.15) is 5.10 Å². The molecule has 0 unspecified atom stereocenters. The standard InChI is InChI=1S/C26H24FN3O4/c27-18-3-1-14(2-4-18)23-20-11-17-13-28-30-22(17)12-21(20)25(34-19-9-16(10-19)26(31)32)29-24(23)15-5-7-33-8-6-15/h1-4,11-13,15-16,19H,5-10H2,(H,28,30)(H,31,32). The lowest BCUT2D eigenvalue weighted by atomic mass is 9.82. The molecule has 2 N–H and O–H groups in total. The van der Waals surface area contributed by atoms with Crippen molar-refractivity contribution in [3.63, 3.8) is 0 Å².